The van der Waals surface area contributed by atoms with Crippen molar-refractivity contribution in [1.82, 2.24) is 9.55 Å². The van der Waals surface area contributed by atoms with E-state index < -0.39 is 11.3 Å². The maximum absolute atomic E-state index is 12.9. The molecule has 1 aliphatic carbocycles. The molecule has 8 heteroatoms. The number of pyridine rings is 2. The van der Waals surface area contributed by atoms with Crippen molar-refractivity contribution in [3.63, 3.8) is 0 Å². The fourth-order valence-corrected chi connectivity index (χ4v) is 3.62. The first-order chi connectivity index (χ1) is 14.8. The van der Waals surface area contributed by atoms with Crippen LogP contribution in [-0.4, -0.2) is 21.4 Å². The first-order valence-electron chi connectivity index (χ1n) is 9.80. The van der Waals surface area contributed by atoms with Crippen molar-refractivity contribution in [2.24, 2.45) is 11.3 Å². The van der Waals surface area contributed by atoms with Crippen LogP contribution in [0.2, 0.25) is 5.02 Å². The van der Waals surface area contributed by atoms with E-state index in [1.165, 1.54) is 16.8 Å². The van der Waals surface area contributed by atoms with E-state index in [2.05, 4.69) is 15.6 Å². The molecule has 1 fully saturated rings. The van der Waals surface area contributed by atoms with Crippen LogP contribution in [0.15, 0.2) is 65.7 Å². The van der Waals surface area contributed by atoms with Gasteiger partial charge in [0, 0.05) is 29.8 Å². The van der Waals surface area contributed by atoms with Crippen LogP contribution in [0.1, 0.15) is 18.9 Å². The van der Waals surface area contributed by atoms with Gasteiger partial charge in [0.2, 0.25) is 11.8 Å². The molecular formula is C23H21ClN4O3. The molecule has 0 saturated heterocycles. The molecule has 0 radical (unpaired) electrons. The van der Waals surface area contributed by atoms with Crippen molar-refractivity contribution >= 4 is 34.9 Å². The SMILES string of the molecule is Cc1cc(-n2ccccc2=O)ccc1NC(=O)C1(C)CC1C(=O)Nc1ccc(Cl)cn1. The van der Waals surface area contributed by atoms with Crippen LogP contribution in [0.5, 0.6) is 0 Å². The van der Waals surface area contributed by atoms with Crippen LogP contribution in [0.25, 0.3) is 5.69 Å². The van der Waals surface area contributed by atoms with Crippen molar-refractivity contribution in [2.45, 2.75) is 20.3 Å². The maximum Gasteiger partial charge on any atom is 0.255 e. The Bertz CT molecular complexity index is 1220. The minimum Gasteiger partial charge on any atom is -0.325 e. The van der Waals surface area contributed by atoms with Crippen molar-refractivity contribution in [1.29, 1.82) is 0 Å². The van der Waals surface area contributed by atoms with Gasteiger partial charge in [-0.1, -0.05) is 17.7 Å². The Morgan fingerprint density at radius 1 is 1.16 bits per heavy atom. The van der Waals surface area contributed by atoms with Gasteiger partial charge in [-0.3, -0.25) is 19.0 Å². The number of halogens is 1. The first-order valence-corrected chi connectivity index (χ1v) is 10.2. The third-order valence-electron chi connectivity index (χ3n) is 5.61. The smallest absolute Gasteiger partial charge is 0.255 e. The lowest BCUT2D eigenvalue weighted by molar-refractivity contribution is -0.125. The van der Waals surface area contributed by atoms with Crippen LogP contribution in [-0.2, 0) is 9.59 Å². The molecule has 0 spiro atoms. The lowest BCUT2D eigenvalue weighted by Crippen LogP contribution is -2.28. The van der Waals surface area contributed by atoms with Crippen LogP contribution in [0.3, 0.4) is 0 Å². The number of nitrogens with zero attached hydrogens (tertiary/aromatic N) is 2. The number of nitrogens with one attached hydrogen (secondary N) is 2. The van der Waals surface area contributed by atoms with Crippen LogP contribution >= 0.6 is 11.6 Å². The molecular weight excluding hydrogens is 416 g/mol. The van der Waals surface area contributed by atoms with E-state index in [4.69, 9.17) is 11.6 Å². The number of carbonyl (C=O) groups is 2. The predicted octanol–water partition coefficient (Wildman–Crippen LogP) is 3.80. The van der Waals surface area contributed by atoms with Gasteiger partial charge >= 0.3 is 0 Å². The Morgan fingerprint density at radius 3 is 2.65 bits per heavy atom. The second-order valence-electron chi connectivity index (χ2n) is 7.89. The molecule has 31 heavy (non-hydrogen) atoms. The minimum absolute atomic E-state index is 0.131. The molecule has 4 rings (SSSR count). The zero-order chi connectivity index (χ0) is 22.2. The monoisotopic (exact) mass is 436 g/mol. The fourth-order valence-electron chi connectivity index (χ4n) is 3.50. The largest absolute Gasteiger partial charge is 0.325 e. The number of amides is 2. The molecule has 3 aromatic rings. The minimum atomic E-state index is -0.794. The average Bonchev–Trinajstić information content (AvgIpc) is 3.45. The highest BCUT2D eigenvalue weighted by atomic mass is 35.5. The van der Waals surface area contributed by atoms with Gasteiger partial charge in [0.25, 0.3) is 5.56 Å². The topological polar surface area (TPSA) is 93.1 Å². The molecule has 2 aromatic heterocycles. The van der Waals surface area contributed by atoms with Crippen LogP contribution < -0.4 is 16.2 Å². The summed E-state index contributed by atoms with van der Waals surface area (Å²) in [6, 6.07) is 13.6. The van der Waals surface area contributed by atoms with Crippen LogP contribution in [0, 0.1) is 18.3 Å². The summed E-state index contributed by atoms with van der Waals surface area (Å²) in [5.41, 5.74) is 1.25. The van der Waals surface area contributed by atoms with Crippen molar-refractivity contribution < 1.29 is 9.59 Å². The number of hydrogen-bond acceptors (Lipinski definition) is 4. The summed E-state index contributed by atoms with van der Waals surface area (Å²) in [6.45, 7) is 3.63. The van der Waals surface area contributed by atoms with Crippen molar-refractivity contribution in [3.05, 3.63) is 81.9 Å². The summed E-state index contributed by atoms with van der Waals surface area (Å²) < 4.78 is 1.53. The number of hydrogen-bond donors (Lipinski definition) is 2. The second-order valence-corrected chi connectivity index (χ2v) is 8.32. The lowest BCUT2D eigenvalue weighted by atomic mass is 10.0. The Balaban J connectivity index is 1.43. The second kappa shape index (κ2) is 8.00. The highest BCUT2D eigenvalue weighted by molar-refractivity contribution is 6.30. The summed E-state index contributed by atoms with van der Waals surface area (Å²) in [6.07, 6.45) is 3.60. The zero-order valence-electron chi connectivity index (χ0n) is 17.1. The van der Waals surface area contributed by atoms with E-state index in [1.54, 1.807) is 49.5 Å². The number of benzene rings is 1. The van der Waals surface area contributed by atoms with E-state index in [-0.39, 0.29) is 17.4 Å². The number of carbonyl (C=O) groups excluding carboxylic acids is 2. The summed E-state index contributed by atoms with van der Waals surface area (Å²) >= 11 is 5.81. The normalized spacial score (nSPS) is 19.5. The summed E-state index contributed by atoms with van der Waals surface area (Å²) in [5, 5.41) is 6.13. The summed E-state index contributed by atoms with van der Waals surface area (Å²) in [4.78, 5) is 41.5. The number of aryl methyl sites for hydroxylation is 1. The van der Waals surface area contributed by atoms with Gasteiger partial charge in [0.05, 0.1) is 16.4 Å². The van der Waals surface area contributed by atoms with E-state index in [1.807, 2.05) is 13.0 Å². The number of anilines is 2. The highest BCUT2D eigenvalue weighted by Crippen LogP contribution is 2.53. The summed E-state index contributed by atoms with van der Waals surface area (Å²) in [5.74, 6) is -0.508. The Morgan fingerprint density at radius 2 is 1.97 bits per heavy atom. The molecule has 1 aliphatic rings. The number of aromatic nitrogens is 2. The average molecular weight is 437 g/mol. The Labute approximate surface area is 184 Å². The molecule has 2 unspecified atom stereocenters. The predicted molar refractivity (Wildman–Crippen MR) is 119 cm³/mol. The third-order valence-corrected chi connectivity index (χ3v) is 5.83. The lowest BCUT2D eigenvalue weighted by Gasteiger charge is -2.15. The molecule has 158 valence electrons. The van der Waals surface area contributed by atoms with E-state index in [9.17, 15) is 14.4 Å². The van der Waals surface area contributed by atoms with Gasteiger partial charge in [0.1, 0.15) is 5.82 Å². The van der Waals surface area contributed by atoms with Gasteiger partial charge in [-0.2, -0.15) is 0 Å². The van der Waals surface area contributed by atoms with Gasteiger partial charge in [0.15, 0.2) is 0 Å². The Hall–Kier alpha value is -3.45. The van der Waals surface area contributed by atoms with Crippen molar-refractivity contribution in [3.8, 4) is 5.69 Å². The molecule has 2 heterocycles. The van der Waals surface area contributed by atoms with Gasteiger partial charge in [-0.05, 0) is 62.2 Å². The van der Waals surface area contributed by atoms with E-state index >= 15 is 0 Å². The van der Waals surface area contributed by atoms with Crippen molar-refractivity contribution in [2.75, 3.05) is 10.6 Å². The van der Waals surface area contributed by atoms with Crippen LogP contribution in [0.4, 0.5) is 11.5 Å². The quantitative estimate of drug-likeness (QED) is 0.636. The number of rotatable bonds is 5. The molecule has 2 N–H and O–H groups in total. The maximum atomic E-state index is 12.9. The zero-order valence-corrected chi connectivity index (χ0v) is 17.8. The summed E-state index contributed by atoms with van der Waals surface area (Å²) in [7, 11) is 0. The molecule has 0 bridgehead atoms. The molecule has 2 atom stereocenters. The molecule has 1 aromatic carbocycles. The Kier molecular flexibility index (Phi) is 5.37. The third kappa shape index (κ3) is 4.22. The van der Waals surface area contributed by atoms with Gasteiger partial charge < -0.3 is 10.6 Å². The molecule has 2 amide bonds. The van der Waals surface area contributed by atoms with Gasteiger partial charge in [-0.15, -0.1) is 0 Å². The van der Waals surface area contributed by atoms with Gasteiger partial charge in [-0.25, -0.2) is 4.98 Å². The van der Waals surface area contributed by atoms with E-state index in [0.717, 1.165) is 5.56 Å². The highest BCUT2D eigenvalue weighted by Gasteiger charge is 2.60. The molecule has 1 saturated carbocycles. The standard InChI is InChI=1S/C23H21ClN4O3/c1-14-11-16(28-10-4-3-5-20(28)29)7-8-18(14)26-22(31)23(2)12-17(23)21(30)27-19-9-6-15(24)13-25-19/h3-11,13,17H,12H2,1-2H3,(H,26,31)(H,25,27,30). The van der Waals surface area contributed by atoms with E-state index in [0.29, 0.717) is 28.6 Å². The fraction of sp³-hybridized carbons (Fsp3) is 0.217. The molecule has 0 aliphatic heterocycles. The molecule has 7 nitrogen and oxygen atoms in total. The first kappa shape index (κ1) is 20.8.